The van der Waals surface area contributed by atoms with Crippen molar-refractivity contribution in [3.05, 3.63) is 22.6 Å². The first-order chi connectivity index (χ1) is 7.33. The molecule has 0 aliphatic carbocycles. The first-order valence-electron chi connectivity index (χ1n) is 5.09. The predicted octanol–water partition coefficient (Wildman–Crippen LogP) is 1.97. The van der Waals surface area contributed by atoms with E-state index in [1.807, 2.05) is 6.07 Å². The maximum Gasteiger partial charge on any atom is 0.136 e. The van der Waals surface area contributed by atoms with Gasteiger partial charge in [0.05, 0.1) is 23.4 Å². The Balaban J connectivity index is 2.12. The Morgan fingerprint density at radius 1 is 1.60 bits per heavy atom. The van der Waals surface area contributed by atoms with Gasteiger partial charge in [-0.15, -0.1) is 0 Å². The SMILES string of the molecule is NNC(c1occc1Br)C1CCCOC1. The van der Waals surface area contributed by atoms with Gasteiger partial charge in [-0.05, 0) is 34.8 Å². The van der Waals surface area contributed by atoms with Gasteiger partial charge in [-0.3, -0.25) is 5.84 Å². The van der Waals surface area contributed by atoms with Crippen molar-refractivity contribution in [2.45, 2.75) is 18.9 Å². The lowest BCUT2D eigenvalue weighted by Crippen LogP contribution is -2.37. The second kappa shape index (κ2) is 5.12. The Labute approximate surface area is 97.3 Å². The smallest absolute Gasteiger partial charge is 0.136 e. The molecular weight excluding hydrogens is 260 g/mol. The average Bonchev–Trinajstić information content (AvgIpc) is 2.68. The van der Waals surface area contributed by atoms with Crippen LogP contribution in [0.3, 0.4) is 0 Å². The molecule has 2 heterocycles. The Morgan fingerprint density at radius 2 is 2.47 bits per heavy atom. The van der Waals surface area contributed by atoms with Gasteiger partial charge in [0.2, 0.25) is 0 Å². The third-order valence-electron chi connectivity index (χ3n) is 2.77. The van der Waals surface area contributed by atoms with E-state index in [2.05, 4.69) is 21.4 Å². The Morgan fingerprint density at radius 3 is 3.00 bits per heavy atom. The molecule has 0 bridgehead atoms. The van der Waals surface area contributed by atoms with E-state index in [4.69, 9.17) is 15.0 Å². The molecule has 3 N–H and O–H groups in total. The lowest BCUT2D eigenvalue weighted by Gasteiger charge is -2.28. The third-order valence-corrected chi connectivity index (χ3v) is 3.43. The molecule has 1 saturated heterocycles. The molecule has 1 aromatic rings. The molecular formula is C10H15BrN2O2. The zero-order chi connectivity index (χ0) is 10.7. The fourth-order valence-electron chi connectivity index (χ4n) is 1.98. The van der Waals surface area contributed by atoms with E-state index in [0.29, 0.717) is 5.92 Å². The molecule has 2 unspecified atom stereocenters. The molecule has 0 amide bonds. The molecule has 4 nitrogen and oxygen atoms in total. The van der Waals surface area contributed by atoms with Crippen LogP contribution in [0.5, 0.6) is 0 Å². The van der Waals surface area contributed by atoms with E-state index >= 15 is 0 Å². The average molecular weight is 275 g/mol. The van der Waals surface area contributed by atoms with E-state index in [1.54, 1.807) is 6.26 Å². The molecule has 15 heavy (non-hydrogen) atoms. The monoisotopic (exact) mass is 274 g/mol. The van der Waals surface area contributed by atoms with Crippen molar-refractivity contribution in [1.82, 2.24) is 5.43 Å². The minimum Gasteiger partial charge on any atom is -0.466 e. The van der Waals surface area contributed by atoms with Crippen molar-refractivity contribution >= 4 is 15.9 Å². The summed E-state index contributed by atoms with van der Waals surface area (Å²) in [6.07, 6.45) is 3.86. The summed E-state index contributed by atoms with van der Waals surface area (Å²) in [7, 11) is 0. The van der Waals surface area contributed by atoms with Crippen LogP contribution in [0.15, 0.2) is 21.2 Å². The first-order valence-corrected chi connectivity index (χ1v) is 5.89. The molecule has 0 saturated carbocycles. The van der Waals surface area contributed by atoms with E-state index < -0.39 is 0 Å². The van der Waals surface area contributed by atoms with Gasteiger partial charge in [0.15, 0.2) is 0 Å². The van der Waals surface area contributed by atoms with Crippen LogP contribution in [0, 0.1) is 5.92 Å². The minimum atomic E-state index is 0.0228. The number of ether oxygens (including phenoxy) is 1. The van der Waals surface area contributed by atoms with E-state index in [1.165, 1.54) is 0 Å². The molecule has 0 radical (unpaired) electrons. The highest BCUT2D eigenvalue weighted by molar-refractivity contribution is 9.10. The summed E-state index contributed by atoms with van der Waals surface area (Å²) in [5.74, 6) is 6.81. The molecule has 2 atom stereocenters. The van der Waals surface area contributed by atoms with Gasteiger partial charge >= 0.3 is 0 Å². The van der Waals surface area contributed by atoms with E-state index in [0.717, 1.165) is 36.3 Å². The molecule has 0 aromatic carbocycles. The van der Waals surface area contributed by atoms with E-state index in [9.17, 15) is 0 Å². The van der Waals surface area contributed by atoms with Crippen molar-refractivity contribution < 1.29 is 9.15 Å². The van der Waals surface area contributed by atoms with Crippen LogP contribution in [0.2, 0.25) is 0 Å². The van der Waals surface area contributed by atoms with Gasteiger partial charge in [0.25, 0.3) is 0 Å². The summed E-state index contributed by atoms with van der Waals surface area (Å²) in [5, 5.41) is 0. The zero-order valence-electron chi connectivity index (χ0n) is 8.41. The van der Waals surface area contributed by atoms with Crippen LogP contribution in [-0.2, 0) is 4.74 Å². The molecule has 1 fully saturated rings. The Bertz CT molecular complexity index is 310. The fourth-order valence-corrected chi connectivity index (χ4v) is 2.43. The highest BCUT2D eigenvalue weighted by Crippen LogP contribution is 2.32. The number of hydrazine groups is 1. The third kappa shape index (κ3) is 2.42. The standard InChI is InChI=1S/C10H15BrN2O2/c11-8-3-5-15-10(8)9(13-12)7-2-1-4-14-6-7/h3,5,7,9,13H,1-2,4,6,12H2. The number of furan rings is 1. The van der Waals surface area contributed by atoms with Crippen molar-refractivity contribution in [2.24, 2.45) is 11.8 Å². The number of hydrogen-bond donors (Lipinski definition) is 2. The lowest BCUT2D eigenvalue weighted by molar-refractivity contribution is 0.0354. The Hall–Kier alpha value is -0.360. The summed E-state index contributed by atoms with van der Waals surface area (Å²) < 4.78 is 11.8. The Kier molecular flexibility index (Phi) is 3.80. The lowest BCUT2D eigenvalue weighted by atomic mass is 9.92. The highest BCUT2D eigenvalue weighted by Gasteiger charge is 2.28. The van der Waals surface area contributed by atoms with Gasteiger partial charge in [-0.1, -0.05) is 0 Å². The van der Waals surface area contributed by atoms with Gasteiger partial charge in [-0.25, -0.2) is 5.43 Å². The maximum atomic E-state index is 5.58. The topological polar surface area (TPSA) is 60.4 Å². The molecule has 2 rings (SSSR count). The first kappa shape index (κ1) is 11.1. The number of nitrogens with one attached hydrogen (secondary N) is 1. The summed E-state index contributed by atoms with van der Waals surface area (Å²) in [6.45, 7) is 1.59. The molecule has 0 spiro atoms. The summed E-state index contributed by atoms with van der Waals surface area (Å²) in [6, 6.07) is 1.90. The van der Waals surface area contributed by atoms with Crippen molar-refractivity contribution in [3.8, 4) is 0 Å². The normalized spacial score (nSPS) is 24.0. The summed E-state index contributed by atoms with van der Waals surface area (Å²) in [4.78, 5) is 0. The van der Waals surface area contributed by atoms with Gasteiger partial charge in [-0.2, -0.15) is 0 Å². The zero-order valence-corrected chi connectivity index (χ0v) is 10.00. The summed E-state index contributed by atoms with van der Waals surface area (Å²) in [5.41, 5.74) is 2.81. The second-order valence-corrected chi connectivity index (χ2v) is 4.61. The quantitative estimate of drug-likeness (QED) is 0.654. The van der Waals surface area contributed by atoms with Crippen molar-refractivity contribution in [3.63, 3.8) is 0 Å². The largest absolute Gasteiger partial charge is 0.466 e. The molecule has 1 aromatic heterocycles. The molecule has 1 aliphatic heterocycles. The number of halogens is 1. The second-order valence-electron chi connectivity index (χ2n) is 3.75. The van der Waals surface area contributed by atoms with Crippen molar-refractivity contribution in [1.29, 1.82) is 0 Å². The van der Waals surface area contributed by atoms with Crippen LogP contribution >= 0.6 is 15.9 Å². The molecule has 1 aliphatic rings. The molecule has 84 valence electrons. The van der Waals surface area contributed by atoms with Crippen LogP contribution in [0.1, 0.15) is 24.6 Å². The van der Waals surface area contributed by atoms with Crippen LogP contribution in [0.4, 0.5) is 0 Å². The van der Waals surface area contributed by atoms with Crippen molar-refractivity contribution in [2.75, 3.05) is 13.2 Å². The van der Waals surface area contributed by atoms with Gasteiger partial charge in [0.1, 0.15) is 5.76 Å². The maximum absolute atomic E-state index is 5.58. The van der Waals surface area contributed by atoms with Gasteiger partial charge in [0, 0.05) is 12.5 Å². The molecule has 5 heteroatoms. The van der Waals surface area contributed by atoms with E-state index in [-0.39, 0.29) is 6.04 Å². The van der Waals surface area contributed by atoms with Crippen LogP contribution in [0.25, 0.3) is 0 Å². The number of rotatable bonds is 3. The van der Waals surface area contributed by atoms with Gasteiger partial charge < -0.3 is 9.15 Å². The number of hydrogen-bond acceptors (Lipinski definition) is 4. The fraction of sp³-hybridized carbons (Fsp3) is 0.600. The number of nitrogens with two attached hydrogens (primary N) is 1. The summed E-state index contributed by atoms with van der Waals surface area (Å²) >= 11 is 3.44. The van der Waals surface area contributed by atoms with Crippen LogP contribution in [-0.4, -0.2) is 13.2 Å². The predicted molar refractivity (Wildman–Crippen MR) is 60.0 cm³/mol. The minimum absolute atomic E-state index is 0.0228. The highest BCUT2D eigenvalue weighted by atomic mass is 79.9. The van der Waals surface area contributed by atoms with Crippen LogP contribution < -0.4 is 11.3 Å².